The molecule has 0 aliphatic heterocycles. The molecule has 0 heterocycles. The van der Waals surface area contributed by atoms with Crippen LogP contribution in [0.1, 0.15) is 15.9 Å². The van der Waals surface area contributed by atoms with Gasteiger partial charge in [0.2, 0.25) is 0 Å². The largest absolute Gasteiger partial charge is 0.418 e. The Bertz CT molecular complexity index is 686. The fraction of sp³-hybridized carbons (Fsp3) is 0.0714. The van der Waals surface area contributed by atoms with Crippen molar-refractivity contribution in [1.82, 2.24) is 0 Å². The van der Waals surface area contributed by atoms with Crippen molar-refractivity contribution >= 4 is 33.2 Å². The van der Waals surface area contributed by atoms with E-state index in [1.54, 1.807) is 12.1 Å². The molecule has 21 heavy (non-hydrogen) atoms. The Balaban J connectivity index is 2.36. The summed E-state index contributed by atoms with van der Waals surface area (Å²) in [5.74, 6) is -0.694. The lowest BCUT2D eigenvalue weighted by atomic mass is 10.1. The number of hydrogen-bond acceptors (Lipinski definition) is 2. The van der Waals surface area contributed by atoms with Gasteiger partial charge in [-0.05, 0) is 30.3 Å². The van der Waals surface area contributed by atoms with E-state index >= 15 is 0 Å². The molecular formula is C14H10BrF3N2O. The van der Waals surface area contributed by atoms with Crippen molar-refractivity contribution in [1.29, 1.82) is 0 Å². The normalized spacial score (nSPS) is 11.2. The first kappa shape index (κ1) is 15.4. The van der Waals surface area contributed by atoms with Crippen molar-refractivity contribution in [3.63, 3.8) is 0 Å². The number of alkyl halides is 3. The minimum atomic E-state index is -4.57. The Morgan fingerprint density at radius 3 is 2.43 bits per heavy atom. The van der Waals surface area contributed by atoms with E-state index in [0.717, 1.165) is 6.07 Å². The predicted octanol–water partition coefficient (Wildman–Crippen LogP) is 4.30. The highest BCUT2D eigenvalue weighted by molar-refractivity contribution is 9.10. The fourth-order valence-electron chi connectivity index (χ4n) is 1.75. The average molecular weight is 359 g/mol. The third-order valence-corrected chi connectivity index (χ3v) is 3.23. The average Bonchev–Trinajstić information content (AvgIpc) is 2.40. The fourth-order valence-corrected chi connectivity index (χ4v) is 2.11. The molecule has 2 rings (SSSR count). The molecule has 0 unspecified atom stereocenters. The monoisotopic (exact) mass is 358 g/mol. The Morgan fingerprint density at radius 1 is 1.14 bits per heavy atom. The van der Waals surface area contributed by atoms with Crippen LogP contribution in [0.5, 0.6) is 0 Å². The van der Waals surface area contributed by atoms with Gasteiger partial charge in [0.25, 0.3) is 5.91 Å². The van der Waals surface area contributed by atoms with Crippen molar-refractivity contribution in [2.75, 3.05) is 11.1 Å². The molecule has 0 atom stereocenters. The second-order valence-electron chi connectivity index (χ2n) is 4.23. The van der Waals surface area contributed by atoms with Crippen molar-refractivity contribution in [3.05, 3.63) is 58.1 Å². The van der Waals surface area contributed by atoms with E-state index in [4.69, 9.17) is 5.73 Å². The van der Waals surface area contributed by atoms with Crippen LogP contribution in [0.4, 0.5) is 24.5 Å². The van der Waals surface area contributed by atoms with Crippen LogP contribution in [0.25, 0.3) is 0 Å². The third kappa shape index (κ3) is 3.55. The number of carbonyl (C=O) groups is 1. The molecule has 2 aromatic rings. The van der Waals surface area contributed by atoms with Crippen molar-refractivity contribution < 1.29 is 18.0 Å². The maximum atomic E-state index is 13.0. The summed E-state index contributed by atoms with van der Waals surface area (Å²) >= 11 is 2.98. The van der Waals surface area contributed by atoms with Gasteiger partial charge in [-0.3, -0.25) is 4.79 Å². The first-order valence-electron chi connectivity index (χ1n) is 5.81. The van der Waals surface area contributed by atoms with Crippen molar-refractivity contribution in [2.24, 2.45) is 0 Å². The number of anilines is 2. The molecule has 3 N–H and O–H groups in total. The second-order valence-corrected chi connectivity index (χ2v) is 5.14. The van der Waals surface area contributed by atoms with Gasteiger partial charge in [-0.1, -0.05) is 28.1 Å². The van der Waals surface area contributed by atoms with Gasteiger partial charge in [0, 0.05) is 10.2 Å². The molecule has 110 valence electrons. The minimum absolute atomic E-state index is 0.119. The number of nitrogens with one attached hydrogen (secondary N) is 1. The molecule has 2 aromatic carbocycles. The summed E-state index contributed by atoms with van der Waals surface area (Å²) in [6.45, 7) is 0. The van der Waals surface area contributed by atoms with E-state index in [2.05, 4.69) is 21.2 Å². The van der Waals surface area contributed by atoms with Gasteiger partial charge in [0.05, 0.1) is 16.8 Å². The number of para-hydroxylation sites is 1. The second kappa shape index (κ2) is 5.77. The summed E-state index contributed by atoms with van der Waals surface area (Å²) in [6.07, 6.45) is -4.57. The summed E-state index contributed by atoms with van der Waals surface area (Å²) < 4.78 is 39.2. The van der Waals surface area contributed by atoms with Gasteiger partial charge in [-0.2, -0.15) is 13.2 Å². The molecule has 0 bridgehead atoms. The molecule has 0 radical (unpaired) electrons. The standard InChI is InChI=1S/C14H10BrF3N2O/c15-8-5-6-12(10(7-8)14(16,17)18)20-13(21)9-3-1-2-4-11(9)19/h1-7H,19H2,(H,20,21). The highest BCUT2D eigenvalue weighted by Crippen LogP contribution is 2.36. The molecule has 0 aromatic heterocycles. The number of rotatable bonds is 2. The first-order chi connectivity index (χ1) is 9.79. The predicted molar refractivity (Wildman–Crippen MR) is 78.0 cm³/mol. The van der Waals surface area contributed by atoms with E-state index < -0.39 is 17.6 Å². The van der Waals surface area contributed by atoms with Crippen LogP contribution in [-0.4, -0.2) is 5.91 Å². The van der Waals surface area contributed by atoms with E-state index in [0.29, 0.717) is 0 Å². The Hall–Kier alpha value is -2.02. The summed E-state index contributed by atoms with van der Waals surface area (Å²) in [6, 6.07) is 9.66. The lowest BCUT2D eigenvalue weighted by Crippen LogP contribution is -2.17. The lowest BCUT2D eigenvalue weighted by Gasteiger charge is -2.14. The quantitative estimate of drug-likeness (QED) is 0.786. The highest BCUT2D eigenvalue weighted by atomic mass is 79.9. The van der Waals surface area contributed by atoms with Gasteiger partial charge >= 0.3 is 6.18 Å². The Labute approximate surface area is 127 Å². The van der Waals surface area contributed by atoms with Gasteiger partial charge in [0.15, 0.2) is 0 Å². The minimum Gasteiger partial charge on any atom is -0.398 e. The third-order valence-electron chi connectivity index (χ3n) is 2.74. The van der Waals surface area contributed by atoms with Crippen LogP contribution in [0.2, 0.25) is 0 Å². The van der Waals surface area contributed by atoms with E-state index in [1.807, 2.05) is 0 Å². The molecule has 0 fully saturated rings. The maximum Gasteiger partial charge on any atom is 0.418 e. The smallest absolute Gasteiger partial charge is 0.398 e. The summed E-state index contributed by atoms with van der Waals surface area (Å²) in [4.78, 5) is 12.0. The first-order valence-corrected chi connectivity index (χ1v) is 6.61. The van der Waals surface area contributed by atoms with E-state index in [1.165, 1.54) is 24.3 Å². The van der Waals surface area contributed by atoms with Crippen LogP contribution in [0.3, 0.4) is 0 Å². The maximum absolute atomic E-state index is 13.0. The molecular weight excluding hydrogens is 349 g/mol. The number of nitrogen functional groups attached to an aromatic ring is 1. The number of hydrogen-bond donors (Lipinski definition) is 2. The van der Waals surface area contributed by atoms with Gasteiger partial charge < -0.3 is 11.1 Å². The lowest BCUT2D eigenvalue weighted by molar-refractivity contribution is -0.136. The molecule has 3 nitrogen and oxygen atoms in total. The van der Waals surface area contributed by atoms with Gasteiger partial charge in [-0.25, -0.2) is 0 Å². The number of amides is 1. The molecule has 7 heteroatoms. The molecule has 0 saturated heterocycles. The number of benzene rings is 2. The Morgan fingerprint density at radius 2 is 1.81 bits per heavy atom. The van der Waals surface area contributed by atoms with Gasteiger partial charge in [-0.15, -0.1) is 0 Å². The Kier molecular flexibility index (Phi) is 4.22. The molecule has 0 aliphatic rings. The summed E-state index contributed by atoms with van der Waals surface area (Å²) in [5, 5.41) is 2.24. The molecule has 0 aliphatic carbocycles. The van der Waals surface area contributed by atoms with E-state index in [-0.39, 0.29) is 21.4 Å². The van der Waals surface area contributed by atoms with Crippen LogP contribution in [-0.2, 0) is 6.18 Å². The van der Waals surface area contributed by atoms with Gasteiger partial charge in [0.1, 0.15) is 0 Å². The van der Waals surface area contributed by atoms with Crippen LogP contribution in [0, 0.1) is 0 Å². The number of nitrogens with two attached hydrogens (primary N) is 1. The van der Waals surface area contributed by atoms with E-state index in [9.17, 15) is 18.0 Å². The summed E-state index contributed by atoms with van der Waals surface area (Å²) in [7, 11) is 0. The van der Waals surface area contributed by atoms with Crippen LogP contribution >= 0.6 is 15.9 Å². The zero-order valence-electron chi connectivity index (χ0n) is 10.5. The van der Waals surface area contributed by atoms with Crippen molar-refractivity contribution in [2.45, 2.75) is 6.18 Å². The van der Waals surface area contributed by atoms with Crippen LogP contribution in [0.15, 0.2) is 46.9 Å². The highest BCUT2D eigenvalue weighted by Gasteiger charge is 2.34. The van der Waals surface area contributed by atoms with Crippen LogP contribution < -0.4 is 11.1 Å². The summed E-state index contributed by atoms with van der Waals surface area (Å²) in [5.41, 5.74) is 4.70. The van der Waals surface area contributed by atoms with Crippen molar-refractivity contribution in [3.8, 4) is 0 Å². The SMILES string of the molecule is Nc1ccccc1C(=O)Nc1ccc(Br)cc1C(F)(F)F. The molecule has 0 spiro atoms. The molecule has 0 saturated carbocycles. The zero-order chi connectivity index (χ0) is 15.6. The number of carbonyl (C=O) groups excluding carboxylic acids is 1. The zero-order valence-corrected chi connectivity index (χ0v) is 12.1. The number of halogens is 4. The topological polar surface area (TPSA) is 55.1 Å². The molecule has 1 amide bonds.